The SMILES string of the molecule is O=C(c1cc(-c2ccc(Cl)cc2)n[nH]1)N1CCN(C(c2ccccc2)c2ccccc2)CC1. The number of H-pyrrole nitrogens is 1. The van der Waals surface area contributed by atoms with Crippen molar-refractivity contribution in [2.45, 2.75) is 6.04 Å². The maximum atomic E-state index is 13.1. The van der Waals surface area contributed by atoms with E-state index in [2.05, 4.69) is 63.6 Å². The standard InChI is InChI=1S/C27H25ClN4O/c28-23-13-11-20(12-14-23)24-19-25(30-29-24)27(33)32-17-15-31(16-18-32)26(21-7-3-1-4-8-21)22-9-5-2-6-10-22/h1-14,19,26H,15-18H2,(H,29,30). The highest BCUT2D eigenvalue weighted by Crippen LogP contribution is 2.29. The molecule has 1 N–H and O–H groups in total. The molecule has 0 unspecified atom stereocenters. The minimum Gasteiger partial charge on any atom is -0.335 e. The van der Waals surface area contributed by atoms with Crippen LogP contribution in [0.4, 0.5) is 0 Å². The van der Waals surface area contributed by atoms with Crippen molar-refractivity contribution in [1.82, 2.24) is 20.0 Å². The van der Waals surface area contributed by atoms with Crippen LogP contribution in [0.2, 0.25) is 5.02 Å². The summed E-state index contributed by atoms with van der Waals surface area (Å²) in [4.78, 5) is 17.5. The lowest BCUT2D eigenvalue weighted by Crippen LogP contribution is -2.50. The Morgan fingerprint density at radius 3 is 1.97 bits per heavy atom. The van der Waals surface area contributed by atoms with Gasteiger partial charge in [-0.15, -0.1) is 0 Å². The molecule has 1 fully saturated rings. The van der Waals surface area contributed by atoms with Crippen LogP contribution in [-0.4, -0.2) is 52.1 Å². The Hall–Kier alpha value is -3.41. The summed E-state index contributed by atoms with van der Waals surface area (Å²) in [7, 11) is 0. The molecule has 1 saturated heterocycles. The molecule has 0 bridgehead atoms. The zero-order chi connectivity index (χ0) is 22.6. The van der Waals surface area contributed by atoms with Crippen LogP contribution in [0.3, 0.4) is 0 Å². The molecule has 0 radical (unpaired) electrons. The number of hydrogen-bond donors (Lipinski definition) is 1. The lowest BCUT2D eigenvalue weighted by molar-refractivity contribution is 0.0592. The highest BCUT2D eigenvalue weighted by molar-refractivity contribution is 6.30. The van der Waals surface area contributed by atoms with Crippen molar-refractivity contribution in [3.05, 3.63) is 113 Å². The number of nitrogens with one attached hydrogen (secondary N) is 1. The van der Waals surface area contributed by atoms with Gasteiger partial charge in [0.15, 0.2) is 0 Å². The van der Waals surface area contributed by atoms with E-state index in [0.717, 1.165) is 24.3 Å². The molecule has 6 heteroatoms. The van der Waals surface area contributed by atoms with Crippen LogP contribution in [0.25, 0.3) is 11.3 Å². The molecule has 1 aliphatic rings. The number of aromatic amines is 1. The molecule has 5 rings (SSSR count). The minimum absolute atomic E-state index is 0.0154. The van der Waals surface area contributed by atoms with E-state index in [1.54, 1.807) is 0 Å². The highest BCUT2D eigenvalue weighted by atomic mass is 35.5. The highest BCUT2D eigenvalue weighted by Gasteiger charge is 2.29. The van der Waals surface area contributed by atoms with E-state index in [1.165, 1.54) is 11.1 Å². The van der Waals surface area contributed by atoms with E-state index >= 15 is 0 Å². The zero-order valence-electron chi connectivity index (χ0n) is 18.2. The molecular weight excluding hydrogens is 432 g/mol. The third-order valence-electron chi connectivity index (χ3n) is 6.15. The molecule has 1 aliphatic heterocycles. The lowest BCUT2D eigenvalue weighted by atomic mass is 9.96. The average molecular weight is 457 g/mol. The molecule has 3 aromatic carbocycles. The Morgan fingerprint density at radius 1 is 0.818 bits per heavy atom. The number of carbonyl (C=O) groups is 1. The molecule has 0 atom stereocenters. The second-order valence-corrected chi connectivity index (χ2v) is 8.66. The monoisotopic (exact) mass is 456 g/mol. The van der Waals surface area contributed by atoms with E-state index in [-0.39, 0.29) is 11.9 Å². The molecule has 33 heavy (non-hydrogen) atoms. The van der Waals surface area contributed by atoms with Crippen molar-refractivity contribution < 1.29 is 4.79 Å². The number of piperazine rings is 1. The fourth-order valence-corrected chi connectivity index (χ4v) is 4.56. The third kappa shape index (κ3) is 4.70. The Kier molecular flexibility index (Phi) is 6.24. The average Bonchev–Trinajstić information content (AvgIpc) is 3.36. The zero-order valence-corrected chi connectivity index (χ0v) is 18.9. The number of hydrogen-bond acceptors (Lipinski definition) is 3. The molecule has 2 heterocycles. The molecule has 0 saturated carbocycles. The van der Waals surface area contributed by atoms with Gasteiger partial charge in [0, 0.05) is 36.8 Å². The molecule has 1 amide bonds. The second-order valence-electron chi connectivity index (χ2n) is 8.23. The van der Waals surface area contributed by atoms with Crippen LogP contribution >= 0.6 is 11.6 Å². The van der Waals surface area contributed by atoms with Crippen LogP contribution in [-0.2, 0) is 0 Å². The van der Waals surface area contributed by atoms with Gasteiger partial charge in [0.05, 0.1) is 11.7 Å². The van der Waals surface area contributed by atoms with E-state index < -0.39 is 0 Å². The number of nitrogens with zero attached hydrogens (tertiary/aromatic N) is 3. The summed E-state index contributed by atoms with van der Waals surface area (Å²) in [6.07, 6.45) is 0. The Labute approximate surface area is 198 Å². The minimum atomic E-state index is -0.0154. The summed E-state index contributed by atoms with van der Waals surface area (Å²) in [6, 6.07) is 30.6. The van der Waals surface area contributed by atoms with Gasteiger partial charge in [-0.25, -0.2) is 0 Å². The van der Waals surface area contributed by atoms with Gasteiger partial charge in [-0.2, -0.15) is 5.10 Å². The van der Waals surface area contributed by atoms with Crippen LogP contribution in [0.15, 0.2) is 91.0 Å². The number of rotatable bonds is 5. The summed E-state index contributed by atoms with van der Waals surface area (Å²) in [5, 5.41) is 7.92. The molecule has 1 aromatic heterocycles. The summed E-state index contributed by atoms with van der Waals surface area (Å²) in [5.74, 6) is -0.0154. The fourth-order valence-electron chi connectivity index (χ4n) is 4.44. The lowest BCUT2D eigenvalue weighted by Gasteiger charge is -2.39. The van der Waals surface area contributed by atoms with E-state index in [0.29, 0.717) is 23.8 Å². The number of amides is 1. The normalized spacial score (nSPS) is 14.5. The fraction of sp³-hybridized carbons (Fsp3) is 0.185. The maximum Gasteiger partial charge on any atom is 0.271 e. The van der Waals surface area contributed by atoms with Crippen LogP contribution in [0.1, 0.15) is 27.7 Å². The van der Waals surface area contributed by atoms with Crippen LogP contribution in [0.5, 0.6) is 0 Å². The van der Waals surface area contributed by atoms with E-state index in [9.17, 15) is 4.79 Å². The van der Waals surface area contributed by atoms with Crippen molar-refractivity contribution in [2.24, 2.45) is 0 Å². The molecule has 0 spiro atoms. The summed E-state index contributed by atoms with van der Waals surface area (Å²) < 4.78 is 0. The van der Waals surface area contributed by atoms with Gasteiger partial charge in [0.1, 0.15) is 5.69 Å². The first kappa shape index (κ1) is 21.4. The number of benzene rings is 3. The van der Waals surface area contributed by atoms with E-state index in [1.807, 2.05) is 47.4 Å². The first-order valence-corrected chi connectivity index (χ1v) is 11.5. The smallest absolute Gasteiger partial charge is 0.271 e. The van der Waals surface area contributed by atoms with Gasteiger partial charge >= 0.3 is 0 Å². The maximum absolute atomic E-state index is 13.1. The summed E-state index contributed by atoms with van der Waals surface area (Å²) in [5.41, 5.74) is 4.71. The molecule has 5 nitrogen and oxygen atoms in total. The van der Waals surface area contributed by atoms with Crippen LogP contribution in [0, 0.1) is 0 Å². The first-order valence-electron chi connectivity index (χ1n) is 11.1. The van der Waals surface area contributed by atoms with Gasteiger partial charge in [-0.1, -0.05) is 84.4 Å². The van der Waals surface area contributed by atoms with Gasteiger partial charge in [-0.05, 0) is 29.3 Å². The predicted molar refractivity (Wildman–Crippen MR) is 131 cm³/mol. The molecular formula is C27H25ClN4O. The Morgan fingerprint density at radius 2 is 1.39 bits per heavy atom. The van der Waals surface area contributed by atoms with Crippen molar-refractivity contribution in [3.8, 4) is 11.3 Å². The van der Waals surface area contributed by atoms with Gasteiger partial charge in [-0.3, -0.25) is 14.8 Å². The first-order chi connectivity index (χ1) is 16.2. The van der Waals surface area contributed by atoms with Crippen molar-refractivity contribution in [3.63, 3.8) is 0 Å². The van der Waals surface area contributed by atoms with E-state index in [4.69, 9.17) is 11.6 Å². The molecule has 166 valence electrons. The van der Waals surface area contributed by atoms with Crippen LogP contribution < -0.4 is 0 Å². The Balaban J connectivity index is 1.29. The predicted octanol–water partition coefficient (Wildman–Crippen LogP) is 5.28. The topological polar surface area (TPSA) is 52.2 Å². The van der Waals surface area contributed by atoms with Gasteiger partial charge in [0.25, 0.3) is 5.91 Å². The largest absolute Gasteiger partial charge is 0.335 e. The second kappa shape index (κ2) is 9.61. The number of carbonyl (C=O) groups excluding carboxylic acids is 1. The van der Waals surface area contributed by atoms with Gasteiger partial charge < -0.3 is 4.90 Å². The van der Waals surface area contributed by atoms with Crippen molar-refractivity contribution in [1.29, 1.82) is 0 Å². The van der Waals surface area contributed by atoms with Gasteiger partial charge in [0.2, 0.25) is 0 Å². The Bertz CT molecular complexity index is 1160. The van der Waals surface area contributed by atoms with Crippen molar-refractivity contribution in [2.75, 3.05) is 26.2 Å². The van der Waals surface area contributed by atoms with Crippen molar-refractivity contribution >= 4 is 17.5 Å². The number of halogens is 1. The number of aromatic nitrogens is 2. The summed E-state index contributed by atoms with van der Waals surface area (Å²) >= 11 is 5.98. The molecule has 4 aromatic rings. The molecule has 0 aliphatic carbocycles. The summed E-state index contributed by atoms with van der Waals surface area (Å²) in [6.45, 7) is 2.95. The third-order valence-corrected chi connectivity index (χ3v) is 6.40. The quantitative estimate of drug-likeness (QED) is 0.444.